The van der Waals surface area contributed by atoms with Crippen LogP contribution >= 0.6 is 0 Å². The molecule has 1 aliphatic carbocycles. The van der Waals surface area contributed by atoms with Gasteiger partial charge in [0.15, 0.2) is 17.1 Å². The number of esters is 4. The Hall–Kier alpha value is -3.24. The molecule has 1 aromatic carbocycles. The lowest BCUT2D eigenvalue weighted by atomic mass is 9.82. The molecule has 0 amide bonds. The molecule has 0 radical (unpaired) electrons. The van der Waals surface area contributed by atoms with Crippen LogP contribution in [0.1, 0.15) is 32.3 Å². The average Bonchev–Trinajstić information content (AvgIpc) is 2.90. The van der Waals surface area contributed by atoms with Crippen LogP contribution in [0.25, 0.3) is 6.08 Å². The molecule has 1 saturated heterocycles. The standard InChI is InChI=1S/C20H20O10/c1-10(21)27-13-5-3-12(7-14(13)28-11(2)22)4-6-17(23)29-15-8-20(26)9-16(18(15)24)30-19(20)25/h3-7,15-16,18,24,26H,8-9H2,1-2H3/b6-4+/t15-,16-,18-,20+/m1/s1. The van der Waals surface area contributed by atoms with E-state index >= 15 is 0 Å². The lowest BCUT2D eigenvalue weighted by Crippen LogP contribution is -2.50. The van der Waals surface area contributed by atoms with Gasteiger partial charge >= 0.3 is 23.9 Å². The molecule has 2 bridgehead atoms. The van der Waals surface area contributed by atoms with Gasteiger partial charge < -0.3 is 29.2 Å². The predicted molar refractivity (Wildman–Crippen MR) is 98.0 cm³/mol. The summed E-state index contributed by atoms with van der Waals surface area (Å²) in [6.45, 7) is 2.38. The highest BCUT2D eigenvalue weighted by Gasteiger charge is 2.58. The highest BCUT2D eigenvalue weighted by atomic mass is 16.6. The average molecular weight is 420 g/mol. The monoisotopic (exact) mass is 420 g/mol. The molecule has 0 aromatic heterocycles. The van der Waals surface area contributed by atoms with Crippen LogP contribution in [-0.2, 0) is 28.7 Å². The Kier molecular flexibility index (Phi) is 5.90. The first kappa shape index (κ1) is 21.5. The van der Waals surface area contributed by atoms with Gasteiger partial charge in [0.2, 0.25) is 0 Å². The lowest BCUT2D eigenvalue weighted by molar-refractivity contribution is -0.162. The maximum atomic E-state index is 12.1. The fraction of sp³-hybridized carbons (Fsp3) is 0.400. The molecule has 30 heavy (non-hydrogen) atoms. The van der Waals surface area contributed by atoms with Crippen LogP contribution in [0, 0.1) is 0 Å². The second-order valence-corrected chi connectivity index (χ2v) is 7.08. The van der Waals surface area contributed by atoms with E-state index in [-0.39, 0.29) is 24.3 Å². The van der Waals surface area contributed by atoms with E-state index in [0.29, 0.717) is 5.56 Å². The molecule has 1 heterocycles. The highest BCUT2D eigenvalue weighted by Crippen LogP contribution is 2.39. The number of carbonyl (C=O) groups is 4. The smallest absolute Gasteiger partial charge is 0.338 e. The van der Waals surface area contributed by atoms with Gasteiger partial charge in [0, 0.05) is 32.8 Å². The van der Waals surface area contributed by atoms with Crippen molar-refractivity contribution in [1.82, 2.24) is 0 Å². The van der Waals surface area contributed by atoms with E-state index in [1.165, 1.54) is 38.1 Å². The Balaban J connectivity index is 1.69. The van der Waals surface area contributed by atoms with Crippen LogP contribution in [0.15, 0.2) is 24.3 Å². The first-order chi connectivity index (χ1) is 14.1. The summed E-state index contributed by atoms with van der Waals surface area (Å²) in [5, 5.41) is 20.4. The number of ether oxygens (including phenoxy) is 4. The third-order valence-corrected chi connectivity index (χ3v) is 4.63. The van der Waals surface area contributed by atoms with Gasteiger partial charge in [-0.05, 0) is 23.8 Å². The van der Waals surface area contributed by atoms with Crippen LogP contribution in [0.2, 0.25) is 0 Å². The highest BCUT2D eigenvalue weighted by molar-refractivity contribution is 5.88. The number of aliphatic hydroxyl groups excluding tert-OH is 1. The normalized spacial score (nSPS) is 27.5. The molecule has 4 atom stereocenters. The minimum atomic E-state index is -1.77. The summed E-state index contributed by atoms with van der Waals surface area (Å²) in [5.41, 5.74) is -1.34. The number of hydrogen-bond donors (Lipinski definition) is 2. The lowest BCUT2D eigenvalue weighted by Gasteiger charge is -2.32. The number of carbonyl (C=O) groups excluding carboxylic acids is 4. The van der Waals surface area contributed by atoms with E-state index in [4.69, 9.17) is 18.9 Å². The molecule has 10 heteroatoms. The fourth-order valence-electron chi connectivity index (χ4n) is 3.32. The summed E-state index contributed by atoms with van der Waals surface area (Å²) in [5.74, 6) is -2.86. The van der Waals surface area contributed by atoms with Crippen LogP contribution < -0.4 is 9.47 Å². The summed E-state index contributed by atoms with van der Waals surface area (Å²) >= 11 is 0. The van der Waals surface area contributed by atoms with Gasteiger partial charge in [-0.15, -0.1) is 0 Å². The van der Waals surface area contributed by atoms with Crippen molar-refractivity contribution >= 4 is 30.0 Å². The molecule has 2 N–H and O–H groups in total. The third kappa shape index (κ3) is 4.66. The number of benzene rings is 1. The van der Waals surface area contributed by atoms with E-state index < -0.39 is 47.8 Å². The zero-order chi connectivity index (χ0) is 22.1. The van der Waals surface area contributed by atoms with Crippen molar-refractivity contribution in [3.63, 3.8) is 0 Å². The molecule has 10 nitrogen and oxygen atoms in total. The van der Waals surface area contributed by atoms with Gasteiger partial charge in [-0.2, -0.15) is 0 Å². The molecule has 1 aromatic rings. The quantitative estimate of drug-likeness (QED) is 0.387. The van der Waals surface area contributed by atoms with Gasteiger partial charge in [0.05, 0.1) is 0 Å². The van der Waals surface area contributed by atoms with Crippen molar-refractivity contribution in [1.29, 1.82) is 0 Å². The van der Waals surface area contributed by atoms with Crippen molar-refractivity contribution in [2.75, 3.05) is 0 Å². The molecule has 0 spiro atoms. The van der Waals surface area contributed by atoms with Crippen molar-refractivity contribution in [2.24, 2.45) is 0 Å². The summed E-state index contributed by atoms with van der Waals surface area (Å²) in [6.07, 6.45) is -1.19. The summed E-state index contributed by atoms with van der Waals surface area (Å²) in [4.78, 5) is 46.2. The minimum Gasteiger partial charge on any atom is -0.457 e. The molecule has 2 fully saturated rings. The summed E-state index contributed by atoms with van der Waals surface area (Å²) < 4.78 is 20.0. The molecule has 0 unspecified atom stereocenters. The van der Waals surface area contributed by atoms with Gasteiger partial charge in [0.25, 0.3) is 0 Å². The van der Waals surface area contributed by atoms with Crippen molar-refractivity contribution in [2.45, 2.75) is 50.6 Å². The van der Waals surface area contributed by atoms with E-state index in [9.17, 15) is 29.4 Å². The summed E-state index contributed by atoms with van der Waals surface area (Å²) in [7, 11) is 0. The Labute approximate surface area is 171 Å². The van der Waals surface area contributed by atoms with Gasteiger partial charge in [0.1, 0.15) is 18.3 Å². The van der Waals surface area contributed by atoms with E-state index in [2.05, 4.69) is 0 Å². The Morgan fingerprint density at radius 2 is 1.80 bits per heavy atom. The Morgan fingerprint density at radius 3 is 2.47 bits per heavy atom. The van der Waals surface area contributed by atoms with Gasteiger partial charge in [-0.1, -0.05) is 6.07 Å². The second-order valence-electron chi connectivity index (χ2n) is 7.08. The van der Waals surface area contributed by atoms with Crippen LogP contribution in [0.3, 0.4) is 0 Å². The van der Waals surface area contributed by atoms with E-state index in [1.807, 2.05) is 0 Å². The number of rotatable bonds is 5. The van der Waals surface area contributed by atoms with Crippen LogP contribution in [0.4, 0.5) is 0 Å². The summed E-state index contributed by atoms with van der Waals surface area (Å²) in [6, 6.07) is 4.29. The maximum Gasteiger partial charge on any atom is 0.338 e. The van der Waals surface area contributed by atoms with Gasteiger partial charge in [-0.25, -0.2) is 9.59 Å². The van der Waals surface area contributed by atoms with Crippen molar-refractivity contribution in [3.8, 4) is 11.5 Å². The number of aliphatic hydroxyl groups is 2. The molecule has 3 rings (SSSR count). The SMILES string of the molecule is CC(=O)Oc1ccc(/C=C/C(=O)O[C@@H]2C[C@]3(O)C[C@@H](OC3=O)[C@@H]2O)cc1OC(C)=O. The van der Waals surface area contributed by atoms with Gasteiger partial charge in [-0.3, -0.25) is 9.59 Å². The number of fused-ring (bicyclic) bond motifs is 2. The third-order valence-electron chi connectivity index (χ3n) is 4.63. The first-order valence-electron chi connectivity index (χ1n) is 9.08. The van der Waals surface area contributed by atoms with Crippen molar-refractivity contribution < 1.29 is 48.3 Å². The molecule has 2 aliphatic rings. The van der Waals surface area contributed by atoms with Crippen LogP contribution in [0.5, 0.6) is 11.5 Å². The molecular weight excluding hydrogens is 400 g/mol. The largest absolute Gasteiger partial charge is 0.457 e. The first-order valence-corrected chi connectivity index (χ1v) is 9.08. The zero-order valence-electron chi connectivity index (χ0n) is 16.2. The van der Waals surface area contributed by atoms with Crippen molar-refractivity contribution in [3.05, 3.63) is 29.8 Å². The van der Waals surface area contributed by atoms with E-state index in [1.54, 1.807) is 0 Å². The topological polar surface area (TPSA) is 146 Å². The molecule has 160 valence electrons. The van der Waals surface area contributed by atoms with Crippen LogP contribution in [-0.4, -0.2) is 58.0 Å². The molecular formula is C20H20O10. The molecule has 1 aliphatic heterocycles. The maximum absolute atomic E-state index is 12.1. The second kappa shape index (κ2) is 8.25. The fourth-order valence-corrected chi connectivity index (χ4v) is 3.32. The Morgan fingerprint density at radius 1 is 1.13 bits per heavy atom. The minimum absolute atomic E-state index is 0.00891. The predicted octanol–water partition coefficient (Wildman–Crippen LogP) is 0.273. The molecule has 1 saturated carbocycles. The number of hydrogen-bond acceptors (Lipinski definition) is 10. The zero-order valence-corrected chi connectivity index (χ0v) is 16.2. The Bertz CT molecular complexity index is 920. The van der Waals surface area contributed by atoms with E-state index in [0.717, 1.165) is 6.08 Å².